The number of benzene rings is 1. The van der Waals surface area contributed by atoms with Crippen LogP contribution < -0.4 is 14.8 Å². The Balaban J connectivity index is 1.91. The zero-order chi connectivity index (χ0) is 16.7. The van der Waals surface area contributed by atoms with Crippen LogP contribution in [0.25, 0.3) is 0 Å². The van der Waals surface area contributed by atoms with Gasteiger partial charge < -0.3 is 19.5 Å². The number of rotatable bonds is 8. The standard InChI is InChI=1S/C16H20N2O4S/c1-20-9-15-18-12(10-23-15)4-5-17-16(19)11-6-13(21-2)8-14(7-11)22-3/h6-8,10H,4-5,9H2,1-3H3,(H,17,19). The molecule has 0 saturated carbocycles. The van der Waals surface area contributed by atoms with Crippen molar-refractivity contribution in [1.29, 1.82) is 0 Å². The van der Waals surface area contributed by atoms with Crippen LogP contribution in [-0.2, 0) is 17.8 Å². The molecule has 0 unspecified atom stereocenters. The molecular formula is C16H20N2O4S. The van der Waals surface area contributed by atoms with Gasteiger partial charge >= 0.3 is 0 Å². The molecule has 1 amide bonds. The second-order valence-corrected chi connectivity index (χ2v) is 5.72. The third kappa shape index (κ3) is 4.94. The summed E-state index contributed by atoms with van der Waals surface area (Å²) in [5.74, 6) is 0.992. The summed E-state index contributed by atoms with van der Waals surface area (Å²) in [7, 11) is 4.75. The average molecular weight is 336 g/mol. The van der Waals surface area contributed by atoms with E-state index in [2.05, 4.69) is 10.3 Å². The molecule has 23 heavy (non-hydrogen) atoms. The van der Waals surface area contributed by atoms with Crippen molar-refractivity contribution < 1.29 is 19.0 Å². The van der Waals surface area contributed by atoms with E-state index in [9.17, 15) is 4.79 Å². The highest BCUT2D eigenvalue weighted by Gasteiger charge is 2.10. The van der Waals surface area contributed by atoms with Gasteiger partial charge in [-0.15, -0.1) is 11.3 Å². The minimum absolute atomic E-state index is 0.172. The van der Waals surface area contributed by atoms with Crippen LogP contribution in [0.15, 0.2) is 23.6 Å². The molecule has 0 aliphatic rings. The van der Waals surface area contributed by atoms with Gasteiger partial charge in [-0.05, 0) is 12.1 Å². The number of methoxy groups -OCH3 is 3. The molecule has 6 nitrogen and oxygen atoms in total. The molecule has 0 radical (unpaired) electrons. The van der Waals surface area contributed by atoms with E-state index < -0.39 is 0 Å². The number of hydrogen-bond acceptors (Lipinski definition) is 6. The molecule has 1 aromatic heterocycles. The summed E-state index contributed by atoms with van der Waals surface area (Å²) in [4.78, 5) is 16.6. The lowest BCUT2D eigenvalue weighted by atomic mass is 10.2. The van der Waals surface area contributed by atoms with Gasteiger partial charge in [0.1, 0.15) is 16.5 Å². The van der Waals surface area contributed by atoms with Crippen molar-refractivity contribution in [3.8, 4) is 11.5 Å². The summed E-state index contributed by atoms with van der Waals surface area (Å²) in [5.41, 5.74) is 1.45. The first-order valence-electron chi connectivity index (χ1n) is 7.09. The summed E-state index contributed by atoms with van der Waals surface area (Å²) >= 11 is 1.56. The van der Waals surface area contributed by atoms with Crippen molar-refractivity contribution in [3.05, 3.63) is 39.8 Å². The van der Waals surface area contributed by atoms with Crippen LogP contribution in [0.3, 0.4) is 0 Å². The van der Waals surface area contributed by atoms with Gasteiger partial charge in [-0.2, -0.15) is 0 Å². The molecule has 0 spiro atoms. The van der Waals surface area contributed by atoms with E-state index in [0.717, 1.165) is 10.7 Å². The lowest BCUT2D eigenvalue weighted by Gasteiger charge is -2.09. The number of amides is 1. The van der Waals surface area contributed by atoms with Crippen LogP contribution >= 0.6 is 11.3 Å². The number of nitrogens with one attached hydrogen (secondary N) is 1. The van der Waals surface area contributed by atoms with Crippen LogP contribution in [0.5, 0.6) is 11.5 Å². The van der Waals surface area contributed by atoms with Crippen LogP contribution in [0.1, 0.15) is 21.1 Å². The Labute approximate surface area is 139 Å². The van der Waals surface area contributed by atoms with Crippen molar-refractivity contribution in [1.82, 2.24) is 10.3 Å². The number of carbonyl (C=O) groups is 1. The Morgan fingerprint density at radius 2 is 1.87 bits per heavy atom. The van der Waals surface area contributed by atoms with Gasteiger partial charge in [-0.1, -0.05) is 0 Å². The van der Waals surface area contributed by atoms with Gasteiger partial charge in [0.05, 0.1) is 26.5 Å². The monoisotopic (exact) mass is 336 g/mol. The number of ether oxygens (including phenoxy) is 3. The summed E-state index contributed by atoms with van der Waals surface area (Å²) in [6.45, 7) is 1.02. The normalized spacial score (nSPS) is 10.4. The molecule has 1 heterocycles. The minimum atomic E-state index is -0.172. The van der Waals surface area contributed by atoms with Crippen molar-refractivity contribution >= 4 is 17.2 Å². The van der Waals surface area contributed by atoms with E-state index in [1.807, 2.05) is 5.38 Å². The summed E-state index contributed by atoms with van der Waals surface area (Å²) in [6, 6.07) is 5.08. The molecule has 0 bridgehead atoms. The largest absolute Gasteiger partial charge is 0.497 e. The summed E-state index contributed by atoms with van der Waals surface area (Å²) in [5, 5.41) is 5.79. The van der Waals surface area contributed by atoms with E-state index in [-0.39, 0.29) is 5.91 Å². The smallest absolute Gasteiger partial charge is 0.251 e. The fourth-order valence-corrected chi connectivity index (χ4v) is 2.80. The number of nitrogens with zero attached hydrogens (tertiary/aromatic N) is 1. The maximum absolute atomic E-state index is 12.2. The first-order chi connectivity index (χ1) is 11.2. The van der Waals surface area contributed by atoms with E-state index in [1.54, 1.807) is 50.9 Å². The fraction of sp³-hybridized carbons (Fsp3) is 0.375. The van der Waals surface area contributed by atoms with E-state index in [4.69, 9.17) is 14.2 Å². The van der Waals surface area contributed by atoms with Gasteiger partial charge in [0.25, 0.3) is 5.91 Å². The predicted molar refractivity (Wildman–Crippen MR) is 88.4 cm³/mol. The summed E-state index contributed by atoms with van der Waals surface area (Å²) in [6.07, 6.45) is 0.674. The quantitative estimate of drug-likeness (QED) is 0.801. The topological polar surface area (TPSA) is 69.7 Å². The molecule has 1 N–H and O–H groups in total. The second kappa shape index (κ2) is 8.50. The highest BCUT2D eigenvalue weighted by Crippen LogP contribution is 2.22. The highest BCUT2D eigenvalue weighted by molar-refractivity contribution is 7.09. The molecule has 0 atom stereocenters. The lowest BCUT2D eigenvalue weighted by molar-refractivity contribution is 0.0953. The minimum Gasteiger partial charge on any atom is -0.497 e. The lowest BCUT2D eigenvalue weighted by Crippen LogP contribution is -2.25. The Bertz CT molecular complexity index is 635. The Morgan fingerprint density at radius 1 is 1.17 bits per heavy atom. The highest BCUT2D eigenvalue weighted by atomic mass is 32.1. The third-order valence-corrected chi connectivity index (χ3v) is 4.02. The molecular weight excluding hydrogens is 316 g/mol. The first-order valence-corrected chi connectivity index (χ1v) is 7.97. The maximum Gasteiger partial charge on any atom is 0.251 e. The summed E-state index contributed by atoms with van der Waals surface area (Å²) < 4.78 is 15.4. The molecule has 2 rings (SSSR count). The van der Waals surface area contributed by atoms with Gasteiger partial charge in [0.15, 0.2) is 0 Å². The third-order valence-electron chi connectivity index (χ3n) is 3.15. The number of hydrogen-bond donors (Lipinski definition) is 1. The van der Waals surface area contributed by atoms with E-state index in [0.29, 0.717) is 36.6 Å². The van der Waals surface area contributed by atoms with Crippen LogP contribution in [0.4, 0.5) is 0 Å². The molecule has 0 saturated heterocycles. The average Bonchev–Trinajstić information content (AvgIpc) is 3.02. The zero-order valence-corrected chi connectivity index (χ0v) is 14.2. The van der Waals surface area contributed by atoms with Crippen LogP contribution in [0, 0.1) is 0 Å². The van der Waals surface area contributed by atoms with Crippen LogP contribution in [0.2, 0.25) is 0 Å². The predicted octanol–water partition coefficient (Wildman–Crippen LogP) is 2.28. The number of aromatic nitrogens is 1. The Morgan fingerprint density at radius 3 is 2.48 bits per heavy atom. The molecule has 0 aliphatic carbocycles. The van der Waals surface area contributed by atoms with E-state index >= 15 is 0 Å². The zero-order valence-electron chi connectivity index (χ0n) is 13.4. The second-order valence-electron chi connectivity index (χ2n) is 4.77. The van der Waals surface area contributed by atoms with Gasteiger partial charge in [-0.25, -0.2) is 4.98 Å². The molecule has 2 aromatic rings. The SMILES string of the molecule is COCc1nc(CCNC(=O)c2cc(OC)cc(OC)c2)cs1. The first kappa shape index (κ1) is 17.2. The molecule has 7 heteroatoms. The van der Waals surface area contributed by atoms with Crippen molar-refractivity contribution in [3.63, 3.8) is 0 Å². The van der Waals surface area contributed by atoms with Crippen molar-refractivity contribution in [2.24, 2.45) is 0 Å². The van der Waals surface area contributed by atoms with Crippen LogP contribution in [-0.4, -0.2) is 38.8 Å². The molecule has 1 aromatic carbocycles. The van der Waals surface area contributed by atoms with Crippen molar-refractivity contribution in [2.45, 2.75) is 13.0 Å². The van der Waals surface area contributed by atoms with E-state index in [1.165, 1.54) is 0 Å². The van der Waals surface area contributed by atoms with Gasteiger partial charge in [0.2, 0.25) is 0 Å². The maximum atomic E-state index is 12.2. The van der Waals surface area contributed by atoms with Gasteiger partial charge in [-0.3, -0.25) is 4.79 Å². The molecule has 0 aliphatic heterocycles. The Hall–Kier alpha value is -2.12. The van der Waals surface area contributed by atoms with Crippen molar-refractivity contribution in [2.75, 3.05) is 27.9 Å². The number of carbonyl (C=O) groups excluding carboxylic acids is 1. The molecule has 0 fully saturated rings. The van der Waals surface area contributed by atoms with Gasteiger partial charge in [0, 0.05) is 37.1 Å². The fourth-order valence-electron chi connectivity index (χ4n) is 2.00. The Kier molecular flexibility index (Phi) is 6.37. The number of thiazole rings is 1. The molecule has 124 valence electrons.